The van der Waals surface area contributed by atoms with Gasteiger partial charge in [-0.05, 0) is 12.3 Å². The van der Waals surface area contributed by atoms with Crippen molar-refractivity contribution in [2.45, 2.75) is 32.4 Å². The van der Waals surface area contributed by atoms with Gasteiger partial charge in [0.1, 0.15) is 0 Å². The Hall–Kier alpha value is -1.10. The van der Waals surface area contributed by atoms with E-state index in [1.165, 1.54) is 7.11 Å². The molecule has 4 atom stereocenters. The second-order valence-electron chi connectivity index (χ2n) is 4.80. The van der Waals surface area contributed by atoms with Gasteiger partial charge in [-0.3, -0.25) is 4.79 Å². The smallest absolute Gasteiger partial charge is 0.309 e. The zero-order valence-corrected chi connectivity index (χ0v) is 9.84. The van der Waals surface area contributed by atoms with Gasteiger partial charge in [0.05, 0.1) is 24.7 Å². The Balaban J connectivity index is 2.23. The summed E-state index contributed by atoms with van der Waals surface area (Å²) in [6.45, 7) is 4.09. The van der Waals surface area contributed by atoms with Gasteiger partial charge in [-0.15, -0.1) is 0 Å². The zero-order chi connectivity index (χ0) is 11.9. The third kappa shape index (κ3) is 1.59. The van der Waals surface area contributed by atoms with E-state index in [9.17, 15) is 4.79 Å². The van der Waals surface area contributed by atoms with E-state index >= 15 is 0 Å². The number of ether oxygens (including phenoxy) is 1. The van der Waals surface area contributed by atoms with Crippen molar-refractivity contribution in [3.63, 3.8) is 0 Å². The highest BCUT2D eigenvalue weighted by molar-refractivity contribution is 5.94. The molecule has 5 nitrogen and oxygen atoms in total. The van der Waals surface area contributed by atoms with E-state index in [1.807, 2.05) is 13.8 Å². The van der Waals surface area contributed by atoms with Gasteiger partial charge in [0.15, 0.2) is 6.10 Å². The van der Waals surface area contributed by atoms with Crippen molar-refractivity contribution in [2.75, 3.05) is 7.11 Å². The maximum atomic E-state index is 11.7. The maximum Gasteiger partial charge on any atom is 0.309 e. The molecule has 0 bridgehead atoms. The van der Waals surface area contributed by atoms with E-state index in [0.717, 1.165) is 5.71 Å². The molecule has 0 radical (unpaired) electrons. The zero-order valence-electron chi connectivity index (χ0n) is 9.84. The normalized spacial score (nSPS) is 36.9. The lowest BCUT2D eigenvalue weighted by Crippen LogP contribution is -2.35. The quantitative estimate of drug-likeness (QED) is 0.697. The minimum Gasteiger partial charge on any atom is -0.469 e. The van der Waals surface area contributed by atoms with Gasteiger partial charge < -0.3 is 15.3 Å². The molecule has 0 saturated heterocycles. The van der Waals surface area contributed by atoms with Gasteiger partial charge in [0.25, 0.3) is 0 Å². The van der Waals surface area contributed by atoms with Crippen molar-refractivity contribution < 1.29 is 14.4 Å². The van der Waals surface area contributed by atoms with E-state index in [2.05, 4.69) is 5.16 Å². The van der Waals surface area contributed by atoms with Crippen LogP contribution in [-0.2, 0) is 14.4 Å². The molecule has 0 amide bonds. The van der Waals surface area contributed by atoms with Crippen LogP contribution in [0.3, 0.4) is 0 Å². The summed E-state index contributed by atoms with van der Waals surface area (Å²) in [5.74, 6) is -0.134. The van der Waals surface area contributed by atoms with Crippen molar-refractivity contribution >= 4 is 11.7 Å². The monoisotopic (exact) mass is 226 g/mol. The van der Waals surface area contributed by atoms with Crippen LogP contribution in [0.15, 0.2) is 5.16 Å². The molecular formula is C11H18N2O3. The van der Waals surface area contributed by atoms with Crippen molar-refractivity contribution in [1.82, 2.24) is 0 Å². The second-order valence-corrected chi connectivity index (χ2v) is 4.80. The summed E-state index contributed by atoms with van der Waals surface area (Å²) in [5, 5.41) is 4.07. The molecule has 0 aromatic rings. The molecule has 1 fully saturated rings. The Labute approximate surface area is 95.0 Å². The van der Waals surface area contributed by atoms with E-state index < -0.39 is 0 Å². The first-order chi connectivity index (χ1) is 7.56. The van der Waals surface area contributed by atoms with Crippen LogP contribution in [0.2, 0.25) is 0 Å². The summed E-state index contributed by atoms with van der Waals surface area (Å²) in [4.78, 5) is 17.0. The second kappa shape index (κ2) is 4.05. The molecule has 2 aliphatic rings. The maximum absolute atomic E-state index is 11.7. The Morgan fingerprint density at radius 3 is 2.88 bits per heavy atom. The molecular weight excluding hydrogens is 208 g/mol. The molecule has 16 heavy (non-hydrogen) atoms. The fraction of sp³-hybridized carbons (Fsp3) is 0.818. The summed E-state index contributed by atoms with van der Waals surface area (Å²) in [5.41, 5.74) is 6.90. The predicted molar refractivity (Wildman–Crippen MR) is 58.7 cm³/mol. The Morgan fingerprint density at radius 2 is 2.31 bits per heavy atom. The predicted octanol–water partition coefficient (Wildman–Crippen LogP) is 0.534. The Kier molecular flexibility index (Phi) is 2.88. The van der Waals surface area contributed by atoms with Crippen molar-refractivity contribution in [1.29, 1.82) is 0 Å². The van der Waals surface area contributed by atoms with E-state index in [4.69, 9.17) is 15.3 Å². The Morgan fingerprint density at radius 1 is 1.62 bits per heavy atom. The lowest BCUT2D eigenvalue weighted by Gasteiger charge is -2.18. The summed E-state index contributed by atoms with van der Waals surface area (Å²) >= 11 is 0. The van der Waals surface area contributed by atoms with Crippen molar-refractivity contribution in [2.24, 2.45) is 28.6 Å². The molecule has 4 unspecified atom stereocenters. The highest BCUT2D eigenvalue weighted by Crippen LogP contribution is 2.40. The fourth-order valence-electron chi connectivity index (χ4n) is 2.65. The molecule has 90 valence electrons. The first-order valence-corrected chi connectivity index (χ1v) is 5.63. The first-order valence-electron chi connectivity index (χ1n) is 5.63. The highest BCUT2D eigenvalue weighted by atomic mass is 16.6. The van der Waals surface area contributed by atoms with Gasteiger partial charge in [-0.1, -0.05) is 19.0 Å². The van der Waals surface area contributed by atoms with E-state index in [0.29, 0.717) is 6.42 Å². The van der Waals surface area contributed by atoms with Crippen LogP contribution in [0.1, 0.15) is 20.3 Å². The molecule has 1 saturated carbocycles. The number of methoxy groups -OCH3 is 1. The fourth-order valence-corrected chi connectivity index (χ4v) is 2.65. The molecule has 1 aliphatic carbocycles. The third-order valence-corrected chi connectivity index (χ3v) is 3.45. The van der Waals surface area contributed by atoms with Crippen molar-refractivity contribution in [3.05, 3.63) is 0 Å². The van der Waals surface area contributed by atoms with Gasteiger partial charge in [0.2, 0.25) is 0 Å². The van der Waals surface area contributed by atoms with Crippen LogP contribution in [0.25, 0.3) is 0 Å². The minimum absolute atomic E-state index is 0.00227. The molecule has 1 aliphatic heterocycles. The van der Waals surface area contributed by atoms with Crippen LogP contribution in [0.4, 0.5) is 0 Å². The molecule has 2 N–H and O–H groups in total. The molecule has 5 heteroatoms. The molecule has 2 rings (SSSR count). The number of fused-ring (bicyclic) bond motifs is 1. The standard InChI is InChI=1S/C11H18N2O3/c1-5(2)9-8-6(11(14)15-3)4-7(12)10(8)16-13-9/h5-8,10H,4,12H2,1-3H3. The molecule has 0 aromatic carbocycles. The van der Waals surface area contributed by atoms with Gasteiger partial charge in [0, 0.05) is 6.04 Å². The summed E-state index contributed by atoms with van der Waals surface area (Å²) < 4.78 is 4.81. The van der Waals surface area contributed by atoms with E-state index in [1.54, 1.807) is 0 Å². The average molecular weight is 226 g/mol. The van der Waals surface area contributed by atoms with Gasteiger partial charge in [-0.25, -0.2) is 0 Å². The van der Waals surface area contributed by atoms with Crippen LogP contribution in [0, 0.1) is 17.8 Å². The third-order valence-electron chi connectivity index (χ3n) is 3.45. The highest BCUT2D eigenvalue weighted by Gasteiger charge is 2.53. The SMILES string of the molecule is COC(=O)C1CC(N)C2ON=C(C(C)C)C12. The summed E-state index contributed by atoms with van der Waals surface area (Å²) in [6, 6.07) is -0.130. The lowest BCUT2D eigenvalue weighted by atomic mass is 9.85. The molecule has 1 heterocycles. The van der Waals surface area contributed by atoms with Crippen LogP contribution in [-0.4, -0.2) is 30.9 Å². The van der Waals surface area contributed by atoms with Gasteiger partial charge in [-0.2, -0.15) is 0 Å². The van der Waals surface area contributed by atoms with Crippen LogP contribution in [0.5, 0.6) is 0 Å². The van der Waals surface area contributed by atoms with Crippen LogP contribution >= 0.6 is 0 Å². The molecule has 0 aromatic heterocycles. The minimum atomic E-state index is -0.207. The number of carbonyl (C=O) groups is 1. The number of carbonyl (C=O) groups excluding carboxylic acids is 1. The summed E-state index contributed by atoms with van der Waals surface area (Å²) in [7, 11) is 1.41. The average Bonchev–Trinajstić information content (AvgIpc) is 2.79. The summed E-state index contributed by atoms with van der Waals surface area (Å²) in [6.07, 6.45) is 0.467. The van der Waals surface area contributed by atoms with E-state index in [-0.39, 0.29) is 35.9 Å². The molecule has 0 spiro atoms. The number of esters is 1. The number of nitrogens with two attached hydrogens (primary N) is 1. The van der Waals surface area contributed by atoms with Gasteiger partial charge >= 0.3 is 5.97 Å². The number of hydrogen-bond acceptors (Lipinski definition) is 5. The number of nitrogens with zero attached hydrogens (tertiary/aromatic N) is 1. The number of oxime groups is 1. The largest absolute Gasteiger partial charge is 0.469 e. The Bertz CT molecular complexity index is 327. The van der Waals surface area contributed by atoms with Crippen LogP contribution < -0.4 is 5.73 Å². The topological polar surface area (TPSA) is 73.9 Å². The number of hydrogen-bond donors (Lipinski definition) is 1. The number of rotatable bonds is 2. The van der Waals surface area contributed by atoms with Crippen molar-refractivity contribution in [3.8, 4) is 0 Å². The first kappa shape index (κ1) is 11.4. The lowest BCUT2D eigenvalue weighted by molar-refractivity contribution is -0.146.